The molecule has 0 bridgehead atoms. The van der Waals surface area contributed by atoms with Crippen LogP contribution in [0.15, 0.2) is 18.2 Å². The molecule has 0 aliphatic rings. The molecule has 21 heavy (non-hydrogen) atoms. The number of hydrazine groups is 1. The predicted octanol–water partition coefficient (Wildman–Crippen LogP) is 5.34. The van der Waals surface area contributed by atoms with E-state index in [0.29, 0.717) is 6.04 Å². The van der Waals surface area contributed by atoms with Gasteiger partial charge in [-0.3, -0.25) is 11.3 Å². The molecule has 0 saturated carbocycles. The number of nitrogens with two attached hydrogens (primary N) is 1. The van der Waals surface area contributed by atoms with Crippen LogP contribution >= 0.6 is 0 Å². The third-order valence-electron chi connectivity index (χ3n) is 4.57. The van der Waals surface area contributed by atoms with Gasteiger partial charge in [-0.05, 0) is 37.0 Å². The fourth-order valence-electron chi connectivity index (χ4n) is 2.96. The molecule has 1 rings (SSSR count). The highest BCUT2D eigenvalue weighted by molar-refractivity contribution is 5.35. The molecule has 0 saturated heterocycles. The van der Waals surface area contributed by atoms with Crippen LogP contribution in [0, 0.1) is 13.8 Å². The summed E-state index contributed by atoms with van der Waals surface area (Å²) in [5.41, 5.74) is 7.09. The third-order valence-corrected chi connectivity index (χ3v) is 4.57. The molecular weight excluding hydrogens is 256 g/mol. The van der Waals surface area contributed by atoms with E-state index in [1.54, 1.807) is 0 Å². The van der Waals surface area contributed by atoms with Gasteiger partial charge < -0.3 is 0 Å². The summed E-state index contributed by atoms with van der Waals surface area (Å²) in [6.07, 6.45) is 12.0. The van der Waals surface area contributed by atoms with Gasteiger partial charge >= 0.3 is 0 Å². The van der Waals surface area contributed by atoms with Gasteiger partial charge in [-0.1, -0.05) is 76.5 Å². The maximum atomic E-state index is 5.77. The van der Waals surface area contributed by atoms with Gasteiger partial charge in [0.15, 0.2) is 0 Å². The lowest BCUT2D eigenvalue weighted by atomic mass is 9.94. The summed E-state index contributed by atoms with van der Waals surface area (Å²) in [5, 5.41) is 0. The predicted molar refractivity (Wildman–Crippen MR) is 93.2 cm³/mol. The molecule has 3 N–H and O–H groups in total. The lowest BCUT2D eigenvalue weighted by Crippen LogP contribution is -2.28. The molecule has 1 unspecified atom stereocenters. The van der Waals surface area contributed by atoms with Crippen LogP contribution in [0.3, 0.4) is 0 Å². The molecule has 0 aliphatic carbocycles. The van der Waals surface area contributed by atoms with Crippen molar-refractivity contribution in [2.24, 2.45) is 5.84 Å². The first kappa shape index (κ1) is 18.2. The summed E-state index contributed by atoms with van der Waals surface area (Å²) in [6, 6.07) is 6.81. The summed E-state index contributed by atoms with van der Waals surface area (Å²) in [6.45, 7) is 6.64. The van der Waals surface area contributed by atoms with Crippen molar-refractivity contribution in [2.75, 3.05) is 0 Å². The first-order valence-electron chi connectivity index (χ1n) is 8.73. The van der Waals surface area contributed by atoms with Gasteiger partial charge in [0.2, 0.25) is 0 Å². The summed E-state index contributed by atoms with van der Waals surface area (Å²) in [5.74, 6) is 5.77. The number of hydrogen-bond acceptors (Lipinski definition) is 2. The quantitative estimate of drug-likeness (QED) is 0.328. The average Bonchev–Trinajstić information content (AvgIpc) is 2.49. The van der Waals surface area contributed by atoms with Crippen molar-refractivity contribution in [1.82, 2.24) is 5.43 Å². The lowest BCUT2D eigenvalue weighted by Gasteiger charge is -2.19. The molecule has 120 valence electrons. The van der Waals surface area contributed by atoms with E-state index < -0.39 is 0 Å². The second-order valence-electron chi connectivity index (χ2n) is 6.27. The molecule has 2 nitrogen and oxygen atoms in total. The third kappa shape index (κ3) is 6.62. The summed E-state index contributed by atoms with van der Waals surface area (Å²) < 4.78 is 0. The van der Waals surface area contributed by atoms with Crippen LogP contribution in [-0.4, -0.2) is 0 Å². The van der Waals surface area contributed by atoms with Gasteiger partial charge in [0.1, 0.15) is 0 Å². The molecule has 1 aromatic rings. The first-order chi connectivity index (χ1) is 10.2. The maximum Gasteiger partial charge on any atom is 0.0462 e. The molecule has 1 aromatic carbocycles. The maximum absolute atomic E-state index is 5.77. The first-order valence-corrected chi connectivity index (χ1v) is 8.73. The Labute approximate surface area is 131 Å². The van der Waals surface area contributed by atoms with Crippen LogP contribution in [0.5, 0.6) is 0 Å². The monoisotopic (exact) mass is 290 g/mol. The Hall–Kier alpha value is -0.860. The smallest absolute Gasteiger partial charge is 0.0462 e. The Morgan fingerprint density at radius 3 is 2.19 bits per heavy atom. The lowest BCUT2D eigenvalue weighted by molar-refractivity contribution is 0.473. The number of aryl methyl sites for hydroxylation is 1. The Bertz CT molecular complexity index is 387. The molecule has 2 heteroatoms. The van der Waals surface area contributed by atoms with E-state index in [2.05, 4.69) is 44.4 Å². The minimum Gasteiger partial charge on any atom is -0.271 e. The molecule has 1 atom stereocenters. The van der Waals surface area contributed by atoms with Gasteiger partial charge in [-0.15, -0.1) is 0 Å². The van der Waals surface area contributed by atoms with Crippen molar-refractivity contribution in [1.29, 1.82) is 0 Å². The second kappa shape index (κ2) is 10.8. The molecule has 0 radical (unpaired) electrons. The van der Waals surface area contributed by atoms with E-state index in [0.717, 1.165) is 6.42 Å². The number of rotatable bonds is 11. The van der Waals surface area contributed by atoms with E-state index >= 15 is 0 Å². The van der Waals surface area contributed by atoms with Crippen LogP contribution in [-0.2, 0) is 0 Å². The summed E-state index contributed by atoms with van der Waals surface area (Å²) >= 11 is 0. The van der Waals surface area contributed by atoms with Crippen molar-refractivity contribution >= 4 is 0 Å². The van der Waals surface area contributed by atoms with E-state index in [9.17, 15) is 0 Å². The fraction of sp³-hybridized carbons (Fsp3) is 0.684. The van der Waals surface area contributed by atoms with E-state index in [-0.39, 0.29) is 0 Å². The zero-order valence-corrected chi connectivity index (χ0v) is 14.3. The van der Waals surface area contributed by atoms with Gasteiger partial charge in [-0.25, -0.2) is 0 Å². The van der Waals surface area contributed by atoms with Gasteiger partial charge in [0, 0.05) is 6.04 Å². The highest BCUT2D eigenvalue weighted by Gasteiger charge is 2.12. The second-order valence-corrected chi connectivity index (χ2v) is 6.27. The van der Waals surface area contributed by atoms with E-state index in [4.69, 9.17) is 5.84 Å². The molecule has 0 heterocycles. The number of hydrogen-bond donors (Lipinski definition) is 2. The zero-order chi connectivity index (χ0) is 15.5. The van der Waals surface area contributed by atoms with Crippen LogP contribution in [0.25, 0.3) is 0 Å². The standard InChI is InChI=1S/C19H34N2/c1-4-5-6-7-8-9-10-11-15-19(21-20)18-14-12-13-16(2)17(18)3/h12-14,19,21H,4-11,15,20H2,1-3H3. The number of unbranched alkanes of at least 4 members (excludes halogenated alkanes) is 7. The summed E-state index contributed by atoms with van der Waals surface area (Å²) in [4.78, 5) is 0. The van der Waals surface area contributed by atoms with Crippen molar-refractivity contribution in [3.63, 3.8) is 0 Å². The SMILES string of the molecule is CCCCCCCCCCC(NN)c1cccc(C)c1C. The molecule has 0 spiro atoms. The Kier molecular flexibility index (Phi) is 9.36. The zero-order valence-electron chi connectivity index (χ0n) is 14.3. The largest absolute Gasteiger partial charge is 0.271 e. The molecule has 0 aromatic heterocycles. The van der Waals surface area contributed by atoms with Gasteiger partial charge in [-0.2, -0.15) is 0 Å². The Balaban J connectivity index is 2.27. The topological polar surface area (TPSA) is 38.0 Å². The van der Waals surface area contributed by atoms with Crippen LogP contribution in [0.2, 0.25) is 0 Å². The van der Waals surface area contributed by atoms with E-state index in [1.165, 1.54) is 68.1 Å². The van der Waals surface area contributed by atoms with Gasteiger partial charge in [0.05, 0.1) is 0 Å². The number of benzene rings is 1. The van der Waals surface area contributed by atoms with Crippen LogP contribution < -0.4 is 11.3 Å². The minimum absolute atomic E-state index is 0.296. The highest BCUT2D eigenvalue weighted by Crippen LogP contribution is 2.24. The van der Waals surface area contributed by atoms with Crippen molar-refractivity contribution in [3.8, 4) is 0 Å². The normalized spacial score (nSPS) is 12.6. The molecule has 0 fully saturated rings. The van der Waals surface area contributed by atoms with Crippen molar-refractivity contribution in [3.05, 3.63) is 34.9 Å². The van der Waals surface area contributed by atoms with E-state index in [1.807, 2.05) is 0 Å². The number of nitrogens with one attached hydrogen (secondary N) is 1. The van der Waals surface area contributed by atoms with Gasteiger partial charge in [0.25, 0.3) is 0 Å². The Morgan fingerprint density at radius 1 is 0.952 bits per heavy atom. The molecule has 0 aliphatic heterocycles. The molecule has 0 amide bonds. The van der Waals surface area contributed by atoms with Crippen molar-refractivity contribution < 1.29 is 0 Å². The average molecular weight is 290 g/mol. The Morgan fingerprint density at radius 2 is 1.57 bits per heavy atom. The van der Waals surface area contributed by atoms with Crippen LogP contribution in [0.4, 0.5) is 0 Å². The summed E-state index contributed by atoms with van der Waals surface area (Å²) in [7, 11) is 0. The fourth-order valence-corrected chi connectivity index (χ4v) is 2.96. The molecular formula is C19H34N2. The minimum atomic E-state index is 0.296. The van der Waals surface area contributed by atoms with Crippen molar-refractivity contribution in [2.45, 2.75) is 84.6 Å². The highest BCUT2D eigenvalue weighted by atomic mass is 15.2. The van der Waals surface area contributed by atoms with Crippen LogP contribution in [0.1, 0.15) is 87.4 Å².